The molecule has 0 bridgehead atoms. The molecule has 1 unspecified atom stereocenters. The van der Waals surface area contributed by atoms with E-state index in [1.165, 1.54) is 71.0 Å². The van der Waals surface area contributed by atoms with Gasteiger partial charge in [0.1, 0.15) is 0 Å². The highest BCUT2D eigenvalue weighted by Crippen LogP contribution is 2.45. The van der Waals surface area contributed by atoms with E-state index in [9.17, 15) is 34.8 Å². The quantitative estimate of drug-likeness (QED) is 0.173. The Kier molecular flexibility index (Phi) is 10.1. The minimum atomic E-state index is -6.41. The summed E-state index contributed by atoms with van der Waals surface area (Å²) in [6.45, 7) is 4.30. The molecule has 3 aromatic rings. The molecule has 0 aliphatic heterocycles. The van der Waals surface area contributed by atoms with E-state index < -0.39 is 27.7 Å². The minimum Gasteiger partial charge on any atom is -0.281 e. The molecule has 1 fully saturated rings. The smallest absolute Gasteiger partial charge is 0.281 e. The van der Waals surface area contributed by atoms with Crippen molar-refractivity contribution in [3.63, 3.8) is 0 Å². The highest BCUT2D eigenvalue weighted by atomic mass is 32.2. The monoisotopic (exact) mass is 604 g/mol. The highest BCUT2D eigenvalue weighted by Gasteiger charge is 2.64. The van der Waals surface area contributed by atoms with E-state index in [1.54, 1.807) is 0 Å². The van der Waals surface area contributed by atoms with Crippen LogP contribution in [0.3, 0.4) is 0 Å². The minimum absolute atomic E-state index is 0.660. The zero-order chi connectivity index (χ0) is 29.9. The van der Waals surface area contributed by atoms with Crippen molar-refractivity contribution < 1.29 is 39.3 Å². The second-order valence-electron chi connectivity index (χ2n) is 9.93. The third-order valence-corrected chi connectivity index (χ3v) is 8.13. The molecule has 40 heavy (non-hydrogen) atoms. The maximum absolute atomic E-state index is 11.9. The molecule has 11 heteroatoms. The first-order chi connectivity index (χ1) is 18.5. The number of benzene rings is 3. The summed E-state index contributed by atoms with van der Waals surface area (Å²) < 4.78 is 96.1. The van der Waals surface area contributed by atoms with Gasteiger partial charge in [-0.15, -0.1) is 12.6 Å². The Morgan fingerprint density at radius 3 is 1.62 bits per heavy atom. The zero-order valence-corrected chi connectivity index (χ0v) is 23.6. The van der Waals surface area contributed by atoms with Gasteiger partial charge >= 0.3 is 21.5 Å². The summed E-state index contributed by atoms with van der Waals surface area (Å²) in [5.74, 6) is 0.660. The highest BCUT2D eigenvalue weighted by molar-refractivity contribution is 7.86. The molecule has 1 N–H and O–H groups in total. The van der Waals surface area contributed by atoms with Gasteiger partial charge in [0.2, 0.25) is 0 Å². The van der Waals surface area contributed by atoms with E-state index in [2.05, 4.69) is 74.5 Å². The Hall–Kier alpha value is -2.50. The van der Waals surface area contributed by atoms with Crippen LogP contribution in [-0.4, -0.2) is 30.6 Å². The van der Waals surface area contributed by atoms with E-state index in [1.807, 2.05) is 0 Å². The molecule has 0 spiro atoms. The van der Waals surface area contributed by atoms with Gasteiger partial charge in [0.25, 0.3) is 6.17 Å². The first kappa shape index (κ1) is 32.0. The average Bonchev–Trinajstić information content (AvgIpc) is 2.89. The molecule has 3 aromatic carbocycles. The van der Waals surface area contributed by atoms with Gasteiger partial charge in [-0.2, -0.15) is 30.4 Å². The molecule has 4 rings (SSSR count). The fourth-order valence-electron chi connectivity index (χ4n) is 4.73. The predicted molar refractivity (Wildman–Crippen MR) is 147 cm³/mol. The Labute approximate surface area is 235 Å². The summed E-state index contributed by atoms with van der Waals surface area (Å²) in [5, 5.41) is -5.88. The molecule has 0 aromatic heterocycles. The summed E-state index contributed by atoms with van der Waals surface area (Å²) in [7, 11) is -6.41. The Morgan fingerprint density at radius 1 is 0.775 bits per heavy atom. The lowest BCUT2D eigenvalue weighted by molar-refractivity contribution is -0.223. The van der Waals surface area contributed by atoms with Crippen LogP contribution in [0.1, 0.15) is 54.7 Å². The SMILES string of the molecule is Cc1ccc(-c2c(S)ccc(C3CCCCC3)c2-c2ccc(C)cc2)cc1.O=S(=O)(O)C(F)(F)C(F)C(F)(F)F. The molecule has 1 aliphatic rings. The number of halogens is 6. The van der Waals surface area contributed by atoms with Crippen LogP contribution in [0.2, 0.25) is 0 Å². The number of hydrogen-bond donors (Lipinski definition) is 2. The molecule has 1 atom stereocenters. The summed E-state index contributed by atoms with van der Waals surface area (Å²) in [6.07, 6.45) is -4.32. The summed E-state index contributed by atoms with van der Waals surface area (Å²) >= 11 is 4.89. The van der Waals surface area contributed by atoms with Crippen LogP contribution in [0.5, 0.6) is 0 Å². The van der Waals surface area contributed by atoms with Gasteiger partial charge in [0.05, 0.1) is 0 Å². The Morgan fingerprint density at radius 2 is 1.23 bits per heavy atom. The first-order valence-corrected chi connectivity index (χ1v) is 14.5. The molecule has 3 nitrogen and oxygen atoms in total. The van der Waals surface area contributed by atoms with Crippen LogP contribution in [-0.2, 0) is 10.1 Å². The maximum atomic E-state index is 11.9. The Balaban J connectivity index is 0.000000289. The van der Waals surface area contributed by atoms with Crippen LogP contribution in [0.15, 0.2) is 65.6 Å². The molecule has 0 radical (unpaired) electrons. The van der Waals surface area contributed by atoms with Gasteiger partial charge in [-0.25, -0.2) is 4.39 Å². The van der Waals surface area contributed by atoms with Gasteiger partial charge in [0, 0.05) is 10.5 Å². The molecular weight excluding hydrogens is 574 g/mol. The Bertz CT molecular complexity index is 1400. The second kappa shape index (κ2) is 12.6. The van der Waals surface area contributed by atoms with Crippen molar-refractivity contribution in [1.29, 1.82) is 0 Å². The van der Waals surface area contributed by atoms with Crippen molar-refractivity contribution in [3.05, 3.63) is 77.4 Å². The van der Waals surface area contributed by atoms with Gasteiger partial charge in [-0.05, 0) is 60.9 Å². The fraction of sp³-hybridized carbons (Fsp3) is 0.379. The third-order valence-electron chi connectivity index (χ3n) is 6.87. The fourth-order valence-corrected chi connectivity index (χ4v) is 5.44. The normalized spacial score (nSPS) is 15.8. The van der Waals surface area contributed by atoms with E-state index >= 15 is 0 Å². The van der Waals surface area contributed by atoms with Crippen LogP contribution >= 0.6 is 12.6 Å². The molecular formula is C29H30F6O3S2. The van der Waals surface area contributed by atoms with E-state index in [4.69, 9.17) is 17.2 Å². The van der Waals surface area contributed by atoms with E-state index in [0.29, 0.717) is 5.92 Å². The van der Waals surface area contributed by atoms with Crippen molar-refractivity contribution in [1.82, 2.24) is 0 Å². The lowest BCUT2D eigenvalue weighted by Crippen LogP contribution is -2.46. The van der Waals surface area contributed by atoms with Crippen molar-refractivity contribution in [2.45, 2.75) is 74.4 Å². The van der Waals surface area contributed by atoms with Crippen LogP contribution in [0.25, 0.3) is 22.3 Å². The van der Waals surface area contributed by atoms with Crippen LogP contribution < -0.4 is 0 Å². The first-order valence-electron chi connectivity index (χ1n) is 12.6. The van der Waals surface area contributed by atoms with Gasteiger partial charge in [0.15, 0.2) is 0 Å². The lowest BCUT2D eigenvalue weighted by atomic mass is 9.78. The number of rotatable bonds is 5. The second-order valence-corrected chi connectivity index (χ2v) is 11.9. The largest absolute Gasteiger partial charge is 0.426 e. The number of thiol groups is 1. The van der Waals surface area contributed by atoms with E-state index in [0.717, 1.165) is 4.90 Å². The van der Waals surface area contributed by atoms with E-state index in [-0.39, 0.29) is 0 Å². The number of hydrogen-bond acceptors (Lipinski definition) is 3. The summed E-state index contributed by atoms with van der Waals surface area (Å²) in [6, 6.07) is 22.5. The van der Waals surface area contributed by atoms with Crippen molar-refractivity contribution in [2.24, 2.45) is 0 Å². The van der Waals surface area contributed by atoms with Crippen molar-refractivity contribution in [3.8, 4) is 22.3 Å². The van der Waals surface area contributed by atoms with Gasteiger partial charge in [-0.3, -0.25) is 4.55 Å². The molecule has 0 saturated heterocycles. The topological polar surface area (TPSA) is 54.4 Å². The van der Waals surface area contributed by atoms with Gasteiger partial charge in [-0.1, -0.05) is 85.0 Å². The predicted octanol–water partition coefficient (Wildman–Crippen LogP) is 9.34. The summed E-state index contributed by atoms with van der Waals surface area (Å²) in [5.41, 5.74) is 9.35. The molecule has 0 heterocycles. The maximum Gasteiger partial charge on any atom is 0.426 e. The van der Waals surface area contributed by atoms with Gasteiger partial charge < -0.3 is 0 Å². The number of alkyl halides is 6. The van der Waals surface area contributed by atoms with Crippen molar-refractivity contribution >= 4 is 22.7 Å². The van der Waals surface area contributed by atoms with Crippen molar-refractivity contribution in [2.75, 3.05) is 0 Å². The molecule has 1 saturated carbocycles. The standard InChI is InChI=1S/C26H28S.C3H2F6O3S/c1-18-8-12-21(13-9-18)25-23(20-6-4-3-5-7-20)16-17-24(27)26(25)22-14-10-19(2)11-15-22;4-1(2(5,6)7)3(8,9)13(10,11)12/h8-17,20,27H,3-7H2,1-2H3;1H,(H,10,11,12). The average molecular weight is 605 g/mol. The number of aryl methyl sites for hydroxylation is 2. The lowest BCUT2D eigenvalue weighted by Gasteiger charge is -2.27. The zero-order valence-electron chi connectivity index (χ0n) is 21.9. The molecule has 0 amide bonds. The molecule has 218 valence electrons. The third kappa shape index (κ3) is 7.41. The molecule has 1 aliphatic carbocycles. The summed E-state index contributed by atoms with van der Waals surface area (Å²) in [4.78, 5) is 1.06. The van der Waals surface area contributed by atoms with Crippen LogP contribution in [0, 0.1) is 13.8 Å². The van der Waals surface area contributed by atoms with Crippen LogP contribution in [0.4, 0.5) is 26.3 Å².